The Kier molecular flexibility index (Phi) is 5.11. The van der Waals surface area contributed by atoms with Gasteiger partial charge in [-0.05, 0) is 26.3 Å². The van der Waals surface area contributed by atoms with Gasteiger partial charge in [0.15, 0.2) is 0 Å². The molecule has 112 valence electrons. The van der Waals surface area contributed by atoms with E-state index in [1.165, 1.54) is 0 Å². The minimum Gasteiger partial charge on any atom is -0.369 e. The molecule has 0 radical (unpaired) electrons. The van der Waals surface area contributed by atoms with Crippen molar-refractivity contribution in [1.29, 1.82) is 0 Å². The number of imidazole rings is 1. The van der Waals surface area contributed by atoms with E-state index < -0.39 is 6.10 Å². The number of aromatic nitrogens is 2. The second-order valence-electron chi connectivity index (χ2n) is 4.88. The Hall–Kier alpha value is -2.14. The molecule has 0 bridgehead atoms. The maximum Gasteiger partial charge on any atom is 0.249 e. The first-order valence-corrected chi connectivity index (χ1v) is 7.14. The van der Waals surface area contributed by atoms with Crippen molar-refractivity contribution in [3.63, 3.8) is 0 Å². The lowest BCUT2D eigenvalue weighted by atomic mass is 10.2. The van der Waals surface area contributed by atoms with Crippen LogP contribution in [0.15, 0.2) is 36.5 Å². The van der Waals surface area contributed by atoms with Crippen LogP contribution in [0.2, 0.25) is 0 Å². The maximum absolute atomic E-state index is 11.9. The third-order valence-corrected chi connectivity index (χ3v) is 3.24. The van der Waals surface area contributed by atoms with Gasteiger partial charge in [-0.15, -0.1) is 0 Å². The van der Waals surface area contributed by atoms with E-state index in [2.05, 4.69) is 15.3 Å². The summed E-state index contributed by atoms with van der Waals surface area (Å²) >= 11 is 0. The van der Waals surface area contributed by atoms with E-state index in [9.17, 15) is 4.79 Å². The van der Waals surface area contributed by atoms with Crippen molar-refractivity contribution < 1.29 is 9.53 Å². The summed E-state index contributed by atoms with van der Waals surface area (Å²) in [5, 5.41) is 2.89. The molecule has 2 unspecified atom stereocenters. The number of amides is 1. The Bertz CT molecular complexity index is 580. The number of hydrogen-bond donors (Lipinski definition) is 2. The van der Waals surface area contributed by atoms with Crippen LogP contribution in [0.3, 0.4) is 0 Å². The van der Waals surface area contributed by atoms with Gasteiger partial charge in [0.1, 0.15) is 11.9 Å². The molecule has 0 saturated carbocycles. The number of hydrogen-bond acceptors (Lipinski definition) is 3. The fourth-order valence-electron chi connectivity index (χ4n) is 2.05. The second-order valence-corrected chi connectivity index (χ2v) is 4.88. The minimum atomic E-state index is -0.457. The summed E-state index contributed by atoms with van der Waals surface area (Å²) in [7, 11) is 0. The molecule has 2 rings (SSSR count). The molecule has 2 aromatic rings. The van der Waals surface area contributed by atoms with Gasteiger partial charge in [0, 0.05) is 6.61 Å². The van der Waals surface area contributed by atoms with Crippen LogP contribution in [0.4, 0.5) is 0 Å². The molecule has 2 N–H and O–H groups in total. The van der Waals surface area contributed by atoms with Crippen molar-refractivity contribution in [3.8, 4) is 11.3 Å². The monoisotopic (exact) mass is 287 g/mol. The molecule has 0 aliphatic heterocycles. The number of benzene rings is 1. The molecule has 0 aliphatic carbocycles. The molecule has 21 heavy (non-hydrogen) atoms. The van der Waals surface area contributed by atoms with Gasteiger partial charge in [0.2, 0.25) is 5.91 Å². The zero-order chi connectivity index (χ0) is 15.2. The summed E-state index contributed by atoms with van der Waals surface area (Å²) in [5.41, 5.74) is 2.00. The van der Waals surface area contributed by atoms with Gasteiger partial charge in [0.05, 0.1) is 17.9 Å². The van der Waals surface area contributed by atoms with Gasteiger partial charge in [-0.3, -0.25) is 4.79 Å². The lowest BCUT2D eigenvalue weighted by molar-refractivity contribution is -0.132. The number of ether oxygens (including phenoxy) is 1. The highest BCUT2D eigenvalue weighted by atomic mass is 16.5. The van der Waals surface area contributed by atoms with Gasteiger partial charge in [0.25, 0.3) is 0 Å². The number of carbonyl (C=O) groups excluding carboxylic acids is 1. The Balaban J connectivity index is 2.02. The number of carbonyl (C=O) groups is 1. The maximum atomic E-state index is 11.9. The van der Waals surface area contributed by atoms with E-state index in [0.29, 0.717) is 6.61 Å². The van der Waals surface area contributed by atoms with Crippen LogP contribution < -0.4 is 5.32 Å². The van der Waals surface area contributed by atoms with Gasteiger partial charge >= 0.3 is 0 Å². The van der Waals surface area contributed by atoms with Gasteiger partial charge in [-0.1, -0.05) is 30.3 Å². The molecule has 1 heterocycles. The van der Waals surface area contributed by atoms with Crippen molar-refractivity contribution in [2.45, 2.75) is 32.9 Å². The predicted octanol–water partition coefficient (Wildman–Crippen LogP) is 2.68. The van der Waals surface area contributed by atoms with Crippen LogP contribution in [0.1, 0.15) is 32.6 Å². The molecule has 1 amide bonds. The molecule has 0 spiro atoms. The smallest absolute Gasteiger partial charge is 0.249 e. The molecule has 2 atom stereocenters. The molecular formula is C16H21N3O2. The number of H-pyrrole nitrogens is 1. The van der Waals surface area contributed by atoms with Crippen molar-refractivity contribution >= 4 is 5.91 Å². The molecular weight excluding hydrogens is 266 g/mol. The highest BCUT2D eigenvalue weighted by Gasteiger charge is 2.18. The molecule has 5 nitrogen and oxygen atoms in total. The van der Waals surface area contributed by atoms with Crippen LogP contribution in [-0.4, -0.2) is 28.6 Å². The fourth-order valence-corrected chi connectivity index (χ4v) is 2.05. The normalized spacial score (nSPS) is 13.7. The molecule has 0 fully saturated rings. The zero-order valence-electron chi connectivity index (χ0n) is 12.6. The Morgan fingerprint density at radius 1 is 1.33 bits per heavy atom. The average Bonchev–Trinajstić information content (AvgIpc) is 2.98. The third kappa shape index (κ3) is 3.92. The van der Waals surface area contributed by atoms with E-state index in [1.807, 2.05) is 44.2 Å². The highest BCUT2D eigenvalue weighted by molar-refractivity contribution is 5.80. The molecule has 5 heteroatoms. The second kappa shape index (κ2) is 7.04. The van der Waals surface area contributed by atoms with E-state index >= 15 is 0 Å². The minimum absolute atomic E-state index is 0.137. The number of aromatic amines is 1. The van der Waals surface area contributed by atoms with E-state index in [-0.39, 0.29) is 11.9 Å². The van der Waals surface area contributed by atoms with Crippen molar-refractivity contribution in [3.05, 3.63) is 42.4 Å². The summed E-state index contributed by atoms with van der Waals surface area (Å²) < 4.78 is 5.27. The van der Waals surface area contributed by atoms with Gasteiger partial charge in [-0.2, -0.15) is 0 Å². The van der Waals surface area contributed by atoms with Gasteiger partial charge in [-0.25, -0.2) is 4.98 Å². The lowest BCUT2D eigenvalue weighted by Crippen LogP contribution is -2.36. The first-order valence-electron chi connectivity index (χ1n) is 7.14. The highest BCUT2D eigenvalue weighted by Crippen LogP contribution is 2.18. The lowest BCUT2D eigenvalue weighted by Gasteiger charge is -2.16. The largest absolute Gasteiger partial charge is 0.369 e. The van der Waals surface area contributed by atoms with Crippen LogP contribution in [0.25, 0.3) is 11.3 Å². The molecule has 0 saturated heterocycles. The van der Waals surface area contributed by atoms with Crippen molar-refractivity contribution in [2.75, 3.05) is 6.61 Å². The van der Waals surface area contributed by atoms with Crippen LogP contribution in [0, 0.1) is 0 Å². The zero-order valence-corrected chi connectivity index (χ0v) is 12.6. The molecule has 1 aromatic heterocycles. The van der Waals surface area contributed by atoms with Crippen LogP contribution in [-0.2, 0) is 9.53 Å². The SMILES string of the molecule is CCOC(C)C(=O)NC(C)c1ncc(-c2ccccc2)[nH]1. The Morgan fingerprint density at radius 2 is 2.05 bits per heavy atom. The first kappa shape index (κ1) is 15.3. The molecule has 1 aromatic carbocycles. The van der Waals surface area contributed by atoms with Crippen molar-refractivity contribution in [2.24, 2.45) is 0 Å². The van der Waals surface area contributed by atoms with Crippen LogP contribution in [0.5, 0.6) is 0 Å². The van der Waals surface area contributed by atoms with E-state index in [0.717, 1.165) is 17.1 Å². The Labute approximate surface area is 124 Å². The van der Waals surface area contributed by atoms with E-state index in [4.69, 9.17) is 4.74 Å². The number of nitrogens with one attached hydrogen (secondary N) is 2. The third-order valence-electron chi connectivity index (χ3n) is 3.24. The quantitative estimate of drug-likeness (QED) is 0.858. The van der Waals surface area contributed by atoms with Crippen LogP contribution >= 0.6 is 0 Å². The molecule has 0 aliphatic rings. The average molecular weight is 287 g/mol. The Morgan fingerprint density at radius 3 is 2.71 bits per heavy atom. The summed E-state index contributed by atoms with van der Waals surface area (Å²) in [4.78, 5) is 19.5. The fraction of sp³-hybridized carbons (Fsp3) is 0.375. The number of rotatable bonds is 6. The predicted molar refractivity (Wildman–Crippen MR) is 81.7 cm³/mol. The standard InChI is InChI=1S/C16H21N3O2/c1-4-21-12(3)16(20)18-11(2)15-17-10-14(19-15)13-8-6-5-7-9-13/h5-12H,4H2,1-3H3,(H,17,19)(H,18,20). The summed E-state index contributed by atoms with van der Waals surface area (Å²) in [6, 6.07) is 9.75. The van der Waals surface area contributed by atoms with Crippen molar-refractivity contribution in [1.82, 2.24) is 15.3 Å². The summed E-state index contributed by atoms with van der Waals surface area (Å²) in [5.74, 6) is 0.591. The first-order chi connectivity index (χ1) is 10.1. The van der Waals surface area contributed by atoms with E-state index in [1.54, 1.807) is 13.1 Å². The summed E-state index contributed by atoms with van der Waals surface area (Å²) in [6.07, 6.45) is 1.32. The summed E-state index contributed by atoms with van der Waals surface area (Å²) in [6.45, 7) is 6.01. The topological polar surface area (TPSA) is 67.0 Å². The van der Waals surface area contributed by atoms with Gasteiger partial charge < -0.3 is 15.0 Å². The number of nitrogens with zero attached hydrogens (tertiary/aromatic N) is 1.